The Balaban J connectivity index is 1.59. The Kier molecular flexibility index (Phi) is 5.68. The fraction of sp³-hybridized carbons (Fsp3) is 0.579. The van der Waals surface area contributed by atoms with Crippen LogP contribution >= 0.6 is 0 Å². The van der Waals surface area contributed by atoms with Crippen molar-refractivity contribution in [1.82, 2.24) is 10.2 Å². The Hall–Kier alpha value is -1.95. The van der Waals surface area contributed by atoms with Gasteiger partial charge in [-0.25, -0.2) is 4.39 Å². The van der Waals surface area contributed by atoms with Crippen LogP contribution in [0.25, 0.3) is 0 Å². The first-order valence-electron chi connectivity index (χ1n) is 9.13. The number of nitrogens with two attached hydrogens (primary N) is 1. The molecule has 3 atom stereocenters. The summed E-state index contributed by atoms with van der Waals surface area (Å²) in [7, 11) is 0. The predicted octanol–water partition coefficient (Wildman–Crippen LogP) is 1.92. The summed E-state index contributed by atoms with van der Waals surface area (Å²) in [6.07, 6.45) is 4.75. The fourth-order valence-electron chi connectivity index (χ4n) is 3.96. The number of rotatable bonds is 4. The molecule has 2 fully saturated rings. The average molecular weight is 347 g/mol. The highest BCUT2D eigenvalue weighted by Gasteiger charge is 2.33. The summed E-state index contributed by atoms with van der Waals surface area (Å²) in [6.45, 7) is 1.65. The van der Waals surface area contributed by atoms with Crippen LogP contribution in [0, 0.1) is 17.7 Å². The lowest BCUT2D eigenvalue weighted by Crippen LogP contribution is -2.48. The molecule has 0 spiro atoms. The monoisotopic (exact) mass is 347 g/mol. The van der Waals surface area contributed by atoms with Gasteiger partial charge in [0.15, 0.2) is 0 Å². The first-order valence-corrected chi connectivity index (χ1v) is 9.13. The molecule has 0 bridgehead atoms. The van der Waals surface area contributed by atoms with Crippen molar-refractivity contribution in [2.75, 3.05) is 19.6 Å². The van der Waals surface area contributed by atoms with E-state index in [4.69, 9.17) is 5.73 Å². The number of hydrogen-bond donors (Lipinski definition) is 2. The summed E-state index contributed by atoms with van der Waals surface area (Å²) in [5.41, 5.74) is 6.24. The molecular weight excluding hydrogens is 321 g/mol. The second kappa shape index (κ2) is 7.95. The molecule has 1 aromatic carbocycles. The van der Waals surface area contributed by atoms with Gasteiger partial charge in [-0.05, 0) is 62.4 Å². The lowest BCUT2D eigenvalue weighted by atomic mass is 9.95. The van der Waals surface area contributed by atoms with Crippen LogP contribution in [0.15, 0.2) is 24.3 Å². The minimum absolute atomic E-state index is 0.0296. The van der Waals surface area contributed by atoms with Gasteiger partial charge in [0.25, 0.3) is 5.91 Å². The number of hydrogen-bond acceptors (Lipinski definition) is 3. The van der Waals surface area contributed by atoms with Gasteiger partial charge in [0, 0.05) is 24.7 Å². The van der Waals surface area contributed by atoms with Crippen LogP contribution in [0.5, 0.6) is 0 Å². The van der Waals surface area contributed by atoms with Gasteiger partial charge in [-0.2, -0.15) is 0 Å². The van der Waals surface area contributed by atoms with Crippen molar-refractivity contribution >= 4 is 11.8 Å². The summed E-state index contributed by atoms with van der Waals surface area (Å²) in [5, 5.41) is 3.15. The van der Waals surface area contributed by atoms with Crippen LogP contribution < -0.4 is 11.1 Å². The molecule has 136 valence electrons. The van der Waals surface area contributed by atoms with E-state index in [0.29, 0.717) is 31.1 Å². The van der Waals surface area contributed by atoms with E-state index < -0.39 is 0 Å². The summed E-state index contributed by atoms with van der Waals surface area (Å²) < 4.78 is 13.0. The van der Waals surface area contributed by atoms with Crippen LogP contribution in [0.1, 0.15) is 42.5 Å². The SMILES string of the molecule is NCC1CCCC1NC(=O)C1CCCN(C(=O)c2ccc(F)cc2)C1. The molecule has 0 radical (unpaired) electrons. The van der Waals surface area contributed by atoms with Crippen molar-refractivity contribution in [3.05, 3.63) is 35.6 Å². The molecule has 3 rings (SSSR count). The normalized spacial score (nSPS) is 26.5. The van der Waals surface area contributed by atoms with E-state index in [-0.39, 0.29) is 29.6 Å². The van der Waals surface area contributed by atoms with Gasteiger partial charge in [0.1, 0.15) is 5.82 Å². The predicted molar refractivity (Wildman–Crippen MR) is 93.4 cm³/mol. The van der Waals surface area contributed by atoms with Crippen LogP contribution in [0.4, 0.5) is 4.39 Å². The molecule has 1 aliphatic heterocycles. The van der Waals surface area contributed by atoms with Gasteiger partial charge in [0.05, 0.1) is 5.92 Å². The van der Waals surface area contributed by atoms with E-state index >= 15 is 0 Å². The maximum atomic E-state index is 13.0. The van der Waals surface area contributed by atoms with Crippen molar-refractivity contribution in [3.8, 4) is 0 Å². The standard InChI is InChI=1S/C19H26FN3O2/c20-16-8-6-13(7-9-16)19(25)23-10-2-4-15(12-23)18(24)22-17-5-1-3-14(17)11-21/h6-9,14-15,17H,1-5,10-12,21H2,(H,22,24). The van der Waals surface area contributed by atoms with Gasteiger partial charge in [-0.3, -0.25) is 9.59 Å². The van der Waals surface area contributed by atoms with Gasteiger partial charge >= 0.3 is 0 Å². The topological polar surface area (TPSA) is 75.4 Å². The molecule has 2 aliphatic rings. The quantitative estimate of drug-likeness (QED) is 0.874. The third-order valence-electron chi connectivity index (χ3n) is 5.46. The zero-order chi connectivity index (χ0) is 17.8. The van der Waals surface area contributed by atoms with E-state index in [9.17, 15) is 14.0 Å². The number of carbonyl (C=O) groups excluding carboxylic acids is 2. The molecule has 2 amide bonds. The lowest BCUT2D eigenvalue weighted by molar-refractivity contribution is -0.127. The summed E-state index contributed by atoms with van der Waals surface area (Å²) in [6, 6.07) is 5.72. The van der Waals surface area contributed by atoms with Gasteiger partial charge in [0.2, 0.25) is 5.91 Å². The Labute approximate surface area is 147 Å². The molecule has 3 unspecified atom stereocenters. The summed E-state index contributed by atoms with van der Waals surface area (Å²) >= 11 is 0. The minimum Gasteiger partial charge on any atom is -0.353 e. The molecule has 6 heteroatoms. The maximum absolute atomic E-state index is 13.0. The van der Waals surface area contributed by atoms with Crippen LogP contribution in [-0.2, 0) is 4.79 Å². The average Bonchev–Trinajstić information content (AvgIpc) is 3.09. The smallest absolute Gasteiger partial charge is 0.253 e. The Morgan fingerprint density at radius 3 is 2.64 bits per heavy atom. The van der Waals surface area contributed by atoms with Crippen LogP contribution in [-0.4, -0.2) is 42.4 Å². The number of nitrogens with zero attached hydrogens (tertiary/aromatic N) is 1. The second-order valence-electron chi connectivity index (χ2n) is 7.14. The number of nitrogens with one attached hydrogen (secondary N) is 1. The zero-order valence-electron chi connectivity index (χ0n) is 14.4. The Bertz CT molecular complexity index is 620. The van der Waals surface area contributed by atoms with Crippen molar-refractivity contribution in [2.45, 2.75) is 38.1 Å². The second-order valence-corrected chi connectivity index (χ2v) is 7.14. The molecule has 25 heavy (non-hydrogen) atoms. The Morgan fingerprint density at radius 1 is 1.16 bits per heavy atom. The minimum atomic E-state index is -0.363. The first kappa shape index (κ1) is 17.9. The maximum Gasteiger partial charge on any atom is 0.253 e. The van der Waals surface area contributed by atoms with E-state index in [0.717, 1.165) is 32.1 Å². The van der Waals surface area contributed by atoms with Crippen LogP contribution in [0.3, 0.4) is 0 Å². The van der Waals surface area contributed by atoms with Crippen molar-refractivity contribution in [3.63, 3.8) is 0 Å². The lowest BCUT2D eigenvalue weighted by Gasteiger charge is -2.33. The largest absolute Gasteiger partial charge is 0.353 e. The van der Waals surface area contributed by atoms with Gasteiger partial charge in [-0.15, -0.1) is 0 Å². The van der Waals surface area contributed by atoms with Gasteiger partial charge < -0.3 is 16.0 Å². The highest BCUT2D eigenvalue weighted by Crippen LogP contribution is 2.26. The summed E-state index contributed by atoms with van der Waals surface area (Å²) in [5.74, 6) is -0.291. The molecule has 1 saturated heterocycles. The molecule has 5 nitrogen and oxygen atoms in total. The molecular formula is C19H26FN3O2. The molecule has 3 N–H and O–H groups in total. The number of carbonyl (C=O) groups is 2. The van der Waals surface area contributed by atoms with E-state index in [2.05, 4.69) is 5.32 Å². The van der Waals surface area contributed by atoms with Crippen molar-refractivity contribution in [2.24, 2.45) is 17.6 Å². The zero-order valence-corrected chi connectivity index (χ0v) is 14.4. The summed E-state index contributed by atoms with van der Waals surface area (Å²) in [4.78, 5) is 26.9. The third-order valence-corrected chi connectivity index (χ3v) is 5.46. The molecule has 0 aromatic heterocycles. The highest BCUT2D eigenvalue weighted by atomic mass is 19.1. The van der Waals surface area contributed by atoms with Gasteiger partial charge in [-0.1, -0.05) is 6.42 Å². The molecule has 1 aliphatic carbocycles. The first-order chi connectivity index (χ1) is 12.1. The fourth-order valence-corrected chi connectivity index (χ4v) is 3.96. The van der Waals surface area contributed by atoms with E-state index in [1.807, 2.05) is 0 Å². The number of benzene rings is 1. The number of piperidine rings is 1. The third kappa shape index (κ3) is 4.18. The highest BCUT2D eigenvalue weighted by molar-refractivity contribution is 5.94. The Morgan fingerprint density at radius 2 is 1.92 bits per heavy atom. The van der Waals surface area contributed by atoms with Crippen molar-refractivity contribution < 1.29 is 14.0 Å². The molecule has 1 heterocycles. The molecule has 1 aromatic rings. The van der Waals surface area contributed by atoms with Crippen molar-refractivity contribution in [1.29, 1.82) is 0 Å². The van der Waals surface area contributed by atoms with E-state index in [1.165, 1.54) is 24.3 Å². The molecule has 1 saturated carbocycles. The number of halogens is 1. The number of amides is 2. The number of likely N-dealkylation sites (tertiary alicyclic amines) is 1. The van der Waals surface area contributed by atoms with Crippen LogP contribution in [0.2, 0.25) is 0 Å². The van der Waals surface area contributed by atoms with E-state index in [1.54, 1.807) is 4.90 Å².